The molecule has 0 atom stereocenters. The highest BCUT2D eigenvalue weighted by Gasteiger charge is 2.24. The van der Waals surface area contributed by atoms with Gasteiger partial charge in [0.05, 0.1) is 26.8 Å². The lowest BCUT2D eigenvalue weighted by molar-refractivity contribution is -0.123. The molecule has 1 aromatic carbocycles. The van der Waals surface area contributed by atoms with Gasteiger partial charge in [0.15, 0.2) is 0 Å². The van der Waals surface area contributed by atoms with Gasteiger partial charge in [-0.3, -0.25) is 14.6 Å². The predicted molar refractivity (Wildman–Crippen MR) is 111 cm³/mol. The standard InChI is InChI=1S/C20H19Cl2N3O2/c1-20(2,3)19(27)24-14-6-5-13(21)16(17(14)22)12-9-11-10-23-8-7-15(11)25(4)18(12)26/h5-10H,1-4H3,(H,24,27). The third-order valence-electron chi connectivity index (χ3n) is 4.31. The van der Waals surface area contributed by atoms with Crippen molar-refractivity contribution in [2.75, 3.05) is 5.32 Å². The summed E-state index contributed by atoms with van der Waals surface area (Å²) in [6, 6.07) is 6.73. The molecule has 7 heteroatoms. The SMILES string of the molecule is Cn1c(=O)c(-c2c(Cl)ccc(NC(=O)C(C)(C)C)c2Cl)cc2cnccc21. The fourth-order valence-corrected chi connectivity index (χ4v) is 3.33. The summed E-state index contributed by atoms with van der Waals surface area (Å²) in [4.78, 5) is 29.4. The van der Waals surface area contributed by atoms with Crippen LogP contribution >= 0.6 is 23.2 Å². The number of carbonyl (C=O) groups excluding carboxylic acids is 1. The van der Waals surface area contributed by atoms with E-state index in [0.29, 0.717) is 21.8 Å². The first-order chi connectivity index (χ1) is 12.6. The van der Waals surface area contributed by atoms with E-state index >= 15 is 0 Å². The Morgan fingerprint density at radius 1 is 1.19 bits per heavy atom. The smallest absolute Gasteiger partial charge is 0.258 e. The van der Waals surface area contributed by atoms with Crippen molar-refractivity contribution < 1.29 is 4.79 Å². The number of aromatic nitrogens is 2. The summed E-state index contributed by atoms with van der Waals surface area (Å²) in [5.41, 5.74) is 1.06. The topological polar surface area (TPSA) is 64.0 Å². The number of carbonyl (C=O) groups is 1. The Bertz CT molecular complexity index is 1110. The number of pyridine rings is 2. The molecule has 0 aliphatic rings. The van der Waals surface area contributed by atoms with Crippen LogP contribution in [0.15, 0.2) is 41.5 Å². The number of fused-ring (bicyclic) bond motifs is 1. The molecule has 1 N–H and O–H groups in total. The minimum atomic E-state index is -0.589. The monoisotopic (exact) mass is 403 g/mol. The van der Waals surface area contributed by atoms with Gasteiger partial charge in [-0.2, -0.15) is 0 Å². The van der Waals surface area contributed by atoms with Gasteiger partial charge in [0, 0.05) is 35.8 Å². The zero-order valence-electron chi connectivity index (χ0n) is 15.4. The lowest BCUT2D eigenvalue weighted by Gasteiger charge is -2.19. The first-order valence-corrected chi connectivity index (χ1v) is 9.10. The summed E-state index contributed by atoms with van der Waals surface area (Å²) in [6.07, 6.45) is 3.30. The lowest BCUT2D eigenvalue weighted by Crippen LogP contribution is -2.27. The van der Waals surface area contributed by atoms with Crippen LogP contribution in [-0.2, 0) is 11.8 Å². The molecular formula is C20H19Cl2N3O2. The molecule has 0 aliphatic heterocycles. The minimum Gasteiger partial charge on any atom is -0.324 e. The van der Waals surface area contributed by atoms with Crippen molar-refractivity contribution in [3.8, 4) is 11.1 Å². The van der Waals surface area contributed by atoms with Gasteiger partial charge in [-0.05, 0) is 24.3 Å². The highest BCUT2D eigenvalue weighted by molar-refractivity contribution is 6.41. The molecule has 2 heterocycles. The van der Waals surface area contributed by atoms with Crippen molar-refractivity contribution in [3.63, 3.8) is 0 Å². The van der Waals surface area contributed by atoms with E-state index in [9.17, 15) is 9.59 Å². The van der Waals surface area contributed by atoms with Crippen molar-refractivity contribution in [2.45, 2.75) is 20.8 Å². The maximum atomic E-state index is 12.9. The van der Waals surface area contributed by atoms with E-state index in [2.05, 4.69) is 10.3 Å². The van der Waals surface area contributed by atoms with Crippen LogP contribution in [0.5, 0.6) is 0 Å². The van der Waals surface area contributed by atoms with Crippen molar-refractivity contribution in [2.24, 2.45) is 12.5 Å². The maximum Gasteiger partial charge on any atom is 0.258 e. The Balaban J connectivity index is 2.22. The second kappa shape index (κ2) is 6.98. The minimum absolute atomic E-state index is 0.187. The average molecular weight is 404 g/mol. The molecule has 0 unspecified atom stereocenters. The van der Waals surface area contributed by atoms with E-state index in [4.69, 9.17) is 23.2 Å². The van der Waals surface area contributed by atoms with Gasteiger partial charge >= 0.3 is 0 Å². The van der Waals surface area contributed by atoms with Gasteiger partial charge in [-0.25, -0.2) is 0 Å². The van der Waals surface area contributed by atoms with Crippen LogP contribution in [0.2, 0.25) is 10.0 Å². The summed E-state index contributed by atoms with van der Waals surface area (Å²) in [5, 5.41) is 4.14. The van der Waals surface area contributed by atoms with Crippen LogP contribution in [0, 0.1) is 5.41 Å². The predicted octanol–water partition coefficient (Wildman–Crippen LogP) is 4.89. The van der Waals surface area contributed by atoms with Crippen molar-refractivity contribution >= 4 is 45.7 Å². The number of aryl methyl sites for hydroxylation is 1. The Labute approximate surface area is 166 Å². The molecular weight excluding hydrogens is 385 g/mol. The Morgan fingerprint density at radius 3 is 2.56 bits per heavy atom. The highest BCUT2D eigenvalue weighted by Crippen LogP contribution is 2.39. The maximum absolute atomic E-state index is 12.9. The van der Waals surface area contributed by atoms with Crippen molar-refractivity contribution in [3.05, 3.63) is 57.1 Å². The first-order valence-electron chi connectivity index (χ1n) is 8.35. The molecule has 0 spiro atoms. The number of hydrogen-bond acceptors (Lipinski definition) is 3. The Morgan fingerprint density at radius 2 is 1.89 bits per heavy atom. The van der Waals surface area contributed by atoms with Crippen LogP contribution in [-0.4, -0.2) is 15.5 Å². The highest BCUT2D eigenvalue weighted by atomic mass is 35.5. The van der Waals surface area contributed by atoms with Gasteiger partial charge in [-0.15, -0.1) is 0 Å². The number of hydrogen-bond donors (Lipinski definition) is 1. The number of anilines is 1. The number of rotatable bonds is 2. The van der Waals surface area contributed by atoms with Crippen LogP contribution in [0.4, 0.5) is 5.69 Å². The fraction of sp³-hybridized carbons (Fsp3) is 0.250. The summed E-state index contributed by atoms with van der Waals surface area (Å²) in [5.74, 6) is -0.187. The second-order valence-electron chi connectivity index (χ2n) is 7.34. The van der Waals surface area contributed by atoms with E-state index in [1.54, 1.807) is 64.5 Å². The zero-order valence-corrected chi connectivity index (χ0v) is 16.9. The average Bonchev–Trinajstić information content (AvgIpc) is 2.60. The summed E-state index contributed by atoms with van der Waals surface area (Å²) < 4.78 is 1.53. The van der Waals surface area contributed by atoms with Gasteiger partial charge < -0.3 is 9.88 Å². The van der Waals surface area contributed by atoms with E-state index in [1.165, 1.54) is 4.57 Å². The number of benzene rings is 1. The molecule has 27 heavy (non-hydrogen) atoms. The molecule has 0 aliphatic carbocycles. The molecule has 5 nitrogen and oxygen atoms in total. The molecule has 3 aromatic rings. The molecule has 0 bridgehead atoms. The summed E-state index contributed by atoms with van der Waals surface area (Å²) >= 11 is 12.9. The molecule has 2 aromatic heterocycles. The third-order valence-corrected chi connectivity index (χ3v) is 5.02. The zero-order chi connectivity index (χ0) is 19.9. The normalized spacial score (nSPS) is 11.6. The van der Waals surface area contributed by atoms with Crippen LogP contribution in [0.3, 0.4) is 0 Å². The largest absolute Gasteiger partial charge is 0.324 e. The number of halogens is 2. The van der Waals surface area contributed by atoms with Gasteiger partial charge in [-0.1, -0.05) is 44.0 Å². The molecule has 0 saturated carbocycles. The van der Waals surface area contributed by atoms with E-state index in [1.807, 2.05) is 0 Å². The number of nitrogens with one attached hydrogen (secondary N) is 1. The third kappa shape index (κ3) is 3.57. The van der Waals surface area contributed by atoms with E-state index < -0.39 is 5.41 Å². The fourth-order valence-electron chi connectivity index (χ4n) is 2.71. The van der Waals surface area contributed by atoms with Crippen LogP contribution in [0.25, 0.3) is 22.0 Å². The summed E-state index contributed by atoms with van der Waals surface area (Å²) in [7, 11) is 1.68. The molecule has 0 saturated heterocycles. The van der Waals surface area contributed by atoms with E-state index in [-0.39, 0.29) is 16.5 Å². The van der Waals surface area contributed by atoms with Crippen LogP contribution < -0.4 is 10.9 Å². The van der Waals surface area contributed by atoms with Gasteiger partial charge in [0.25, 0.3) is 5.56 Å². The van der Waals surface area contributed by atoms with E-state index in [0.717, 1.165) is 10.9 Å². The number of nitrogens with zero attached hydrogens (tertiary/aromatic N) is 2. The molecule has 3 rings (SSSR count). The quantitative estimate of drug-likeness (QED) is 0.661. The molecule has 1 amide bonds. The first kappa shape index (κ1) is 19.4. The molecule has 0 fully saturated rings. The van der Waals surface area contributed by atoms with Gasteiger partial charge in [0.1, 0.15) is 0 Å². The van der Waals surface area contributed by atoms with Crippen molar-refractivity contribution in [1.29, 1.82) is 0 Å². The number of amides is 1. The summed E-state index contributed by atoms with van der Waals surface area (Å²) in [6.45, 7) is 5.41. The van der Waals surface area contributed by atoms with Crippen LogP contribution in [0.1, 0.15) is 20.8 Å². The van der Waals surface area contributed by atoms with Gasteiger partial charge in [0.2, 0.25) is 5.91 Å². The Hall–Kier alpha value is -2.37. The Kier molecular flexibility index (Phi) is 5.02. The molecule has 0 radical (unpaired) electrons. The molecule has 140 valence electrons. The van der Waals surface area contributed by atoms with Crippen molar-refractivity contribution in [1.82, 2.24) is 9.55 Å². The lowest BCUT2D eigenvalue weighted by atomic mass is 9.95. The second-order valence-corrected chi connectivity index (χ2v) is 8.13.